The van der Waals surface area contributed by atoms with E-state index in [9.17, 15) is 4.39 Å². The highest BCUT2D eigenvalue weighted by molar-refractivity contribution is 6.10. The summed E-state index contributed by atoms with van der Waals surface area (Å²) in [6.07, 6.45) is 4.46. The largest absolute Gasteiger partial charge is 0.268 e. The highest BCUT2D eigenvalue weighted by Crippen LogP contribution is 2.03. The van der Waals surface area contributed by atoms with Gasteiger partial charge in [-0.05, 0) is 6.08 Å². The number of hydrogen-bond acceptors (Lipinski definition) is 2. The van der Waals surface area contributed by atoms with Crippen LogP contribution in [-0.2, 0) is 0 Å². The quantitative estimate of drug-likeness (QED) is 0.495. The summed E-state index contributed by atoms with van der Waals surface area (Å²) in [6, 6.07) is 1.66. The Morgan fingerprint density at radius 1 is 1.70 bits per heavy atom. The van der Waals surface area contributed by atoms with Crippen LogP contribution in [0, 0.1) is 11.3 Å². The summed E-state index contributed by atoms with van der Waals surface area (Å²) in [5.74, 6) is -0.559. The maximum absolute atomic E-state index is 12.6. The number of halogens is 1. The van der Waals surface area contributed by atoms with E-state index in [0.29, 0.717) is 6.54 Å². The van der Waals surface area contributed by atoms with Crippen molar-refractivity contribution in [3.8, 4) is 6.07 Å². The molecule has 0 saturated carbocycles. The monoisotopic (exact) mass is 136 g/mol. The van der Waals surface area contributed by atoms with E-state index < -0.39 is 5.83 Å². The number of nitrogens with zero attached hydrogens (tertiary/aromatic N) is 2. The van der Waals surface area contributed by atoms with Gasteiger partial charge in [0.1, 0.15) is 6.07 Å². The standard InChI is InChI=1S/C7H5FN2/c8-6-3-1-2-4-10-7(6)5-9/h1-3H,4H2. The molecule has 0 saturated heterocycles. The molecule has 0 fully saturated rings. The highest BCUT2D eigenvalue weighted by atomic mass is 19.1. The first-order valence-corrected chi connectivity index (χ1v) is 2.82. The maximum Gasteiger partial charge on any atom is 0.171 e. The molecule has 1 aliphatic heterocycles. The first kappa shape index (κ1) is 6.69. The molecule has 1 aliphatic rings. The predicted octanol–water partition coefficient (Wildman–Crippen LogP) is 1.37. The van der Waals surface area contributed by atoms with Gasteiger partial charge in [-0.1, -0.05) is 12.2 Å². The molecular weight excluding hydrogens is 131 g/mol. The SMILES string of the molecule is N#CC1=NCC=CC=C1F. The van der Waals surface area contributed by atoms with Gasteiger partial charge in [0.25, 0.3) is 0 Å². The van der Waals surface area contributed by atoms with Crippen LogP contribution in [-0.4, -0.2) is 12.3 Å². The average Bonchev–Trinajstić information content (AvgIpc) is 2.13. The van der Waals surface area contributed by atoms with E-state index in [1.165, 1.54) is 6.08 Å². The number of allylic oxidation sites excluding steroid dienone is 3. The zero-order valence-corrected chi connectivity index (χ0v) is 5.21. The van der Waals surface area contributed by atoms with Crippen molar-refractivity contribution in [1.82, 2.24) is 0 Å². The summed E-state index contributed by atoms with van der Waals surface area (Å²) >= 11 is 0. The fourth-order valence-corrected chi connectivity index (χ4v) is 0.601. The highest BCUT2D eigenvalue weighted by Gasteiger charge is 2.03. The number of aliphatic imine (C=N–C) groups is 1. The molecule has 50 valence electrons. The molecule has 0 aliphatic carbocycles. The van der Waals surface area contributed by atoms with Gasteiger partial charge in [0, 0.05) is 0 Å². The topological polar surface area (TPSA) is 36.1 Å². The molecule has 2 nitrogen and oxygen atoms in total. The second kappa shape index (κ2) is 2.92. The minimum absolute atomic E-state index is 0.120. The van der Waals surface area contributed by atoms with Crippen LogP contribution in [0.1, 0.15) is 0 Å². The van der Waals surface area contributed by atoms with Crippen LogP contribution in [0.3, 0.4) is 0 Å². The number of nitriles is 1. The summed E-state index contributed by atoms with van der Waals surface area (Å²) in [4.78, 5) is 3.65. The van der Waals surface area contributed by atoms with Crippen molar-refractivity contribution in [2.75, 3.05) is 6.54 Å². The van der Waals surface area contributed by atoms with Crippen molar-refractivity contribution in [3.63, 3.8) is 0 Å². The lowest BCUT2D eigenvalue weighted by Gasteiger charge is -1.86. The molecule has 1 rings (SSSR count). The Labute approximate surface area is 58.0 Å². The molecule has 0 N–H and O–H groups in total. The third kappa shape index (κ3) is 1.29. The summed E-state index contributed by atoms with van der Waals surface area (Å²) < 4.78 is 12.6. The van der Waals surface area contributed by atoms with Gasteiger partial charge < -0.3 is 0 Å². The Balaban J connectivity index is 2.94. The molecule has 0 aromatic rings. The maximum atomic E-state index is 12.6. The minimum atomic E-state index is -0.559. The number of rotatable bonds is 0. The normalized spacial score (nSPS) is 16.8. The lowest BCUT2D eigenvalue weighted by molar-refractivity contribution is 0.683. The van der Waals surface area contributed by atoms with Crippen LogP contribution in [0.15, 0.2) is 29.0 Å². The van der Waals surface area contributed by atoms with Gasteiger partial charge >= 0.3 is 0 Å². The van der Waals surface area contributed by atoms with Crippen LogP contribution >= 0.6 is 0 Å². The van der Waals surface area contributed by atoms with Crippen LogP contribution < -0.4 is 0 Å². The Hall–Kier alpha value is -1.43. The molecule has 0 unspecified atom stereocenters. The van der Waals surface area contributed by atoms with Crippen LogP contribution in [0.2, 0.25) is 0 Å². The van der Waals surface area contributed by atoms with Gasteiger partial charge in [-0.25, -0.2) is 4.39 Å². The molecule has 0 atom stereocenters. The Morgan fingerprint density at radius 2 is 2.50 bits per heavy atom. The Morgan fingerprint density at radius 3 is 3.20 bits per heavy atom. The van der Waals surface area contributed by atoms with Gasteiger partial charge in [0.05, 0.1) is 6.54 Å². The molecule has 0 spiro atoms. The zero-order chi connectivity index (χ0) is 7.40. The first-order valence-electron chi connectivity index (χ1n) is 2.82. The van der Waals surface area contributed by atoms with E-state index in [2.05, 4.69) is 4.99 Å². The van der Waals surface area contributed by atoms with Gasteiger partial charge in [-0.15, -0.1) is 0 Å². The Bertz CT molecular complexity index is 255. The van der Waals surface area contributed by atoms with E-state index >= 15 is 0 Å². The Kier molecular flexibility index (Phi) is 1.96. The van der Waals surface area contributed by atoms with Gasteiger partial charge in [-0.3, -0.25) is 4.99 Å². The van der Waals surface area contributed by atoms with Crippen LogP contribution in [0.4, 0.5) is 4.39 Å². The summed E-state index contributed by atoms with van der Waals surface area (Å²) in [6.45, 7) is 0.382. The molecule has 0 bridgehead atoms. The first-order chi connectivity index (χ1) is 4.84. The zero-order valence-electron chi connectivity index (χ0n) is 5.21. The third-order valence-corrected chi connectivity index (χ3v) is 1.07. The summed E-state index contributed by atoms with van der Waals surface area (Å²) in [7, 11) is 0. The minimum Gasteiger partial charge on any atom is -0.268 e. The van der Waals surface area contributed by atoms with Crippen molar-refractivity contribution < 1.29 is 4.39 Å². The number of hydrogen-bond donors (Lipinski definition) is 0. The van der Waals surface area contributed by atoms with E-state index in [0.717, 1.165) is 0 Å². The average molecular weight is 136 g/mol. The molecule has 3 heteroatoms. The van der Waals surface area contributed by atoms with Crippen molar-refractivity contribution in [2.24, 2.45) is 4.99 Å². The third-order valence-electron chi connectivity index (χ3n) is 1.07. The van der Waals surface area contributed by atoms with Crippen molar-refractivity contribution in [3.05, 3.63) is 24.1 Å². The second-order valence-electron chi connectivity index (χ2n) is 1.74. The molecule has 0 aromatic heterocycles. The molecule has 0 amide bonds. The fourth-order valence-electron chi connectivity index (χ4n) is 0.601. The van der Waals surface area contributed by atoms with Gasteiger partial charge in [0.15, 0.2) is 11.5 Å². The van der Waals surface area contributed by atoms with Crippen molar-refractivity contribution >= 4 is 5.71 Å². The molecule has 1 heterocycles. The predicted molar refractivity (Wildman–Crippen MR) is 36.2 cm³/mol. The lowest BCUT2D eigenvalue weighted by atomic mass is 10.3. The van der Waals surface area contributed by atoms with Crippen LogP contribution in [0.5, 0.6) is 0 Å². The van der Waals surface area contributed by atoms with Crippen molar-refractivity contribution in [1.29, 1.82) is 5.26 Å². The second-order valence-corrected chi connectivity index (χ2v) is 1.74. The molecule has 10 heavy (non-hydrogen) atoms. The molecular formula is C7H5FN2. The van der Waals surface area contributed by atoms with E-state index in [1.807, 2.05) is 0 Å². The lowest BCUT2D eigenvalue weighted by Crippen LogP contribution is -1.93. The molecule has 0 aromatic carbocycles. The van der Waals surface area contributed by atoms with Crippen LogP contribution in [0.25, 0.3) is 0 Å². The fraction of sp³-hybridized carbons (Fsp3) is 0.143. The molecule has 0 radical (unpaired) electrons. The smallest absolute Gasteiger partial charge is 0.171 e. The van der Waals surface area contributed by atoms with E-state index in [-0.39, 0.29) is 5.71 Å². The van der Waals surface area contributed by atoms with Crippen molar-refractivity contribution in [2.45, 2.75) is 0 Å². The summed E-state index contributed by atoms with van der Waals surface area (Å²) in [5, 5.41) is 8.30. The van der Waals surface area contributed by atoms with Gasteiger partial charge in [-0.2, -0.15) is 5.26 Å². The van der Waals surface area contributed by atoms with E-state index in [4.69, 9.17) is 5.26 Å². The van der Waals surface area contributed by atoms with Gasteiger partial charge in [0.2, 0.25) is 0 Å². The summed E-state index contributed by atoms with van der Waals surface area (Å²) in [5.41, 5.74) is -0.120. The van der Waals surface area contributed by atoms with E-state index in [1.54, 1.807) is 18.2 Å².